The number of piperidine rings is 1. The third-order valence-corrected chi connectivity index (χ3v) is 4.60. The Kier molecular flexibility index (Phi) is 6.03. The van der Waals surface area contributed by atoms with Crippen molar-refractivity contribution < 1.29 is 13.2 Å². The monoisotopic (exact) mass is 341 g/mol. The summed E-state index contributed by atoms with van der Waals surface area (Å²) in [5, 5.41) is 2.70. The first-order chi connectivity index (χ1) is 10.8. The van der Waals surface area contributed by atoms with E-state index in [0.29, 0.717) is 13.1 Å². The molecule has 2 heterocycles. The van der Waals surface area contributed by atoms with Crippen LogP contribution in [-0.4, -0.2) is 61.1 Å². The Morgan fingerprint density at radius 3 is 2.78 bits per heavy atom. The third kappa shape index (κ3) is 5.85. The van der Waals surface area contributed by atoms with Crippen molar-refractivity contribution in [2.45, 2.75) is 25.8 Å². The molecule has 0 aromatic carbocycles. The lowest BCUT2D eigenvalue weighted by atomic mass is 9.97. The molecule has 2 rings (SSSR count). The van der Waals surface area contributed by atoms with Crippen LogP contribution in [0.4, 0.5) is 5.95 Å². The number of rotatable bonds is 6. The van der Waals surface area contributed by atoms with E-state index in [1.165, 1.54) is 0 Å². The molecule has 0 radical (unpaired) electrons. The zero-order valence-corrected chi connectivity index (χ0v) is 14.2. The lowest BCUT2D eigenvalue weighted by Gasteiger charge is -2.35. The fraction of sp³-hybridized carbons (Fsp3) is 0.643. The normalized spacial score (nSPS) is 20.9. The van der Waals surface area contributed by atoms with Crippen molar-refractivity contribution in [3.05, 3.63) is 18.5 Å². The van der Waals surface area contributed by atoms with Gasteiger partial charge in [0, 0.05) is 25.5 Å². The van der Waals surface area contributed by atoms with Crippen LogP contribution < -0.4 is 10.0 Å². The SMILES string of the molecule is C[C@H](C(=O)Nc1ncccn1)N1CCC[C@@H](CNS(C)(=O)=O)C1. The number of hydrogen-bond acceptors (Lipinski definition) is 6. The summed E-state index contributed by atoms with van der Waals surface area (Å²) >= 11 is 0. The molecule has 9 heteroatoms. The molecule has 0 unspecified atom stereocenters. The van der Waals surface area contributed by atoms with Gasteiger partial charge >= 0.3 is 0 Å². The summed E-state index contributed by atoms with van der Waals surface area (Å²) in [7, 11) is -3.18. The van der Waals surface area contributed by atoms with Crippen molar-refractivity contribution in [1.29, 1.82) is 0 Å². The van der Waals surface area contributed by atoms with E-state index in [9.17, 15) is 13.2 Å². The van der Waals surface area contributed by atoms with Crippen molar-refractivity contribution >= 4 is 21.9 Å². The number of carbonyl (C=O) groups is 1. The maximum absolute atomic E-state index is 12.3. The van der Waals surface area contributed by atoms with E-state index < -0.39 is 10.0 Å². The maximum atomic E-state index is 12.3. The van der Waals surface area contributed by atoms with Crippen LogP contribution >= 0.6 is 0 Å². The van der Waals surface area contributed by atoms with Gasteiger partial charge in [0.2, 0.25) is 21.9 Å². The smallest absolute Gasteiger partial charge is 0.243 e. The number of nitrogens with zero attached hydrogens (tertiary/aromatic N) is 3. The highest BCUT2D eigenvalue weighted by molar-refractivity contribution is 7.88. The predicted molar refractivity (Wildman–Crippen MR) is 87.3 cm³/mol. The van der Waals surface area contributed by atoms with Crippen molar-refractivity contribution in [3.63, 3.8) is 0 Å². The summed E-state index contributed by atoms with van der Waals surface area (Å²) in [5.41, 5.74) is 0. The van der Waals surface area contributed by atoms with Crippen LogP contribution in [-0.2, 0) is 14.8 Å². The molecule has 1 aliphatic rings. The van der Waals surface area contributed by atoms with Crippen LogP contribution in [0, 0.1) is 5.92 Å². The van der Waals surface area contributed by atoms with Crippen molar-refractivity contribution in [3.8, 4) is 0 Å². The topological polar surface area (TPSA) is 104 Å². The second kappa shape index (κ2) is 7.80. The van der Waals surface area contributed by atoms with Gasteiger partial charge in [-0.1, -0.05) is 0 Å². The first-order valence-electron chi connectivity index (χ1n) is 7.62. The van der Waals surface area contributed by atoms with Crippen LogP contribution in [0.15, 0.2) is 18.5 Å². The zero-order chi connectivity index (χ0) is 16.9. The van der Waals surface area contributed by atoms with Gasteiger partial charge in [0.1, 0.15) is 0 Å². The first kappa shape index (κ1) is 17.8. The number of hydrogen-bond donors (Lipinski definition) is 2. The molecule has 1 amide bonds. The van der Waals surface area contributed by atoms with Crippen LogP contribution in [0.5, 0.6) is 0 Å². The number of amides is 1. The average Bonchev–Trinajstić information content (AvgIpc) is 2.53. The predicted octanol–water partition coefficient (Wildman–Crippen LogP) is 0.0648. The highest BCUT2D eigenvalue weighted by Crippen LogP contribution is 2.18. The van der Waals surface area contributed by atoms with Gasteiger partial charge in [0.25, 0.3) is 0 Å². The van der Waals surface area contributed by atoms with Crippen molar-refractivity contribution in [2.24, 2.45) is 5.92 Å². The van der Waals surface area contributed by atoms with Gasteiger partial charge in [0.05, 0.1) is 12.3 Å². The van der Waals surface area contributed by atoms with Crippen LogP contribution in [0.2, 0.25) is 0 Å². The number of likely N-dealkylation sites (tertiary alicyclic amines) is 1. The Hall–Kier alpha value is -1.58. The van der Waals surface area contributed by atoms with E-state index in [4.69, 9.17) is 0 Å². The van der Waals surface area contributed by atoms with E-state index in [1.54, 1.807) is 18.5 Å². The molecule has 8 nitrogen and oxygen atoms in total. The lowest BCUT2D eigenvalue weighted by molar-refractivity contribution is -0.121. The van der Waals surface area contributed by atoms with Gasteiger partial charge in [0.15, 0.2) is 0 Å². The molecule has 1 aromatic heterocycles. The Morgan fingerprint density at radius 1 is 1.43 bits per heavy atom. The van der Waals surface area contributed by atoms with E-state index in [2.05, 4.69) is 24.9 Å². The van der Waals surface area contributed by atoms with E-state index >= 15 is 0 Å². The summed E-state index contributed by atoms with van der Waals surface area (Å²) < 4.78 is 24.9. The summed E-state index contributed by atoms with van der Waals surface area (Å²) in [6, 6.07) is 1.36. The number of carbonyl (C=O) groups excluding carboxylic acids is 1. The number of aromatic nitrogens is 2. The molecule has 2 N–H and O–H groups in total. The summed E-state index contributed by atoms with van der Waals surface area (Å²) in [6.45, 7) is 3.75. The number of sulfonamides is 1. The largest absolute Gasteiger partial charge is 0.293 e. The standard InChI is InChI=1S/C14H23N5O3S/c1-11(13(20)18-14-15-6-4-7-16-14)19-8-3-5-12(10-19)9-17-23(2,21)22/h4,6-7,11-12,17H,3,5,8-10H2,1-2H3,(H,15,16,18,20)/t11-,12+/m1/s1. The van der Waals surface area contributed by atoms with E-state index in [0.717, 1.165) is 25.6 Å². The molecule has 0 spiro atoms. The molecule has 0 aliphatic carbocycles. The van der Waals surface area contributed by atoms with Crippen LogP contribution in [0.1, 0.15) is 19.8 Å². The molecular formula is C14H23N5O3S. The Labute approximate surface area is 136 Å². The van der Waals surface area contributed by atoms with Crippen LogP contribution in [0.25, 0.3) is 0 Å². The summed E-state index contributed by atoms with van der Waals surface area (Å²) in [4.78, 5) is 22.3. The van der Waals surface area contributed by atoms with Crippen molar-refractivity contribution in [2.75, 3.05) is 31.2 Å². The Bertz CT molecular complexity index is 623. The second-order valence-electron chi connectivity index (χ2n) is 5.86. The molecule has 2 atom stereocenters. The fourth-order valence-electron chi connectivity index (χ4n) is 2.63. The molecular weight excluding hydrogens is 318 g/mol. The average molecular weight is 341 g/mol. The van der Waals surface area contributed by atoms with Gasteiger partial charge in [-0.3, -0.25) is 15.0 Å². The lowest BCUT2D eigenvalue weighted by Crippen LogP contribution is -2.49. The number of anilines is 1. The highest BCUT2D eigenvalue weighted by Gasteiger charge is 2.28. The second-order valence-corrected chi connectivity index (χ2v) is 7.69. The van der Waals surface area contributed by atoms with Gasteiger partial charge < -0.3 is 0 Å². The Morgan fingerprint density at radius 2 is 2.13 bits per heavy atom. The quantitative estimate of drug-likeness (QED) is 0.758. The molecule has 1 aliphatic heterocycles. The van der Waals surface area contributed by atoms with E-state index in [-0.39, 0.29) is 23.8 Å². The maximum Gasteiger partial charge on any atom is 0.243 e. The zero-order valence-electron chi connectivity index (χ0n) is 13.4. The van der Waals surface area contributed by atoms with Gasteiger partial charge in [-0.15, -0.1) is 0 Å². The molecule has 1 fully saturated rings. The molecule has 23 heavy (non-hydrogen) atoms. The minimum absolute atomic E-state index is 0.159. The number of nitrogens with one attached hydrogen (secondary N) is 2. The Balaban J connectivity index is 1.88. The first-order valence-corrected chi connectivity index (χ1v) is 9.51. The molecule has 0 bridgehead atoms. The summed E-state index contributed by atoms with van der Waals surface area (Å²) in [5.74, 6) is 0.339. The third-order valence-electron chi connectivity index (χ3n) is 3.91. The minimum atomic E-state index is -3.18. The molecule has 0 saturated carbocycles. The highest BCUT2D eigenvalue weighted by atomic mass is 32.2. The van der Waals surface area contributed by atoms with Gasteiger partial charge in [-0.2, -0.15) is 0 Å². The minimum Gasteiger partial charge on any atom is -0.293 e. The van der Waals surface area contributed by atoms with Gasteiger partial charge in [-0.05, 0) is 38.3 Å². The summed E-state index contributed by atoms with van der Waals surface area (Å²) in [6.07, 6.45) is 6.19. The van der Waals surface area contributed by atoms with Gasteiger partial charge in [-0.25, -0.2) is 23.1 Å². The molecule has 1 saturated heterocycles. The van der Waals surface area contributed by atoms with Crippen molar-refractivity contribution in [1.82, 2.24) is 19.6 Å². The molecule has 1 aromatic rings. The molecule has 128 valence electrons. The van der Waals surface area contributed by atoms with Crippen LogP contribution in [0.3, 0.4) is 0 Å². The van der Waals surface area contributed by atoms with E-state index in [1.807, 2.05) is 6.92 Å². The fourth-order valence-corrected chi connectivity index (χ4v) is 3.17.